The van der Waals surface area contributed by atoms with E-state index in [-0.39, 0.29) is 17.2 Å². The van der Waals surface area contributed by atoms with E-state index in [1.807, 2.05) is 0 Å². The molecule has 0 N–H and O–H groups in total. The van der Waals surface area contributed by atoms with E-state index in [1.54, 1.807) is 24.2 Å². The molecule has 1 aliphatic heterocycles. The largest absolute Gasteiger partial charge is 0.435 e. The van der Waals surface area contributed by atoms with Crippen LogP contribution in [0.5, 0.6) is 5.75 Å². The number of carbonyl (C=O) groups excluding carboxylic acids is 1. The van der Waals surface area contributed by atoms with Crippen molar-refractivity contribution < 1.29 is 18.3 Å². The number of nitrogens with zero attached hydrogens (tertiary/aromatic N) is 2. The number of pyridine rings is 1. The van der Waals surface area contributed by atoms with Gasteiger partial charge >= 0.3 is 6.61 Å². The maximum atomic E-state index is 12.6. The molecule has 0 saturated carbocycles. The van der Waals surface area contributed by atoms with Gasteiger partial charge in [-0.05, 0) is 41.8 Å². The van der Waals surface area contributed by atoms with Crippen molar-refractivity contribution in [2.45, 2.75) is 19.6 Å². The summed E-state index contributed by atoms with van der Waals surface area (Å²) in [5.74, 6) is -0.168. The summed E-state index contributed by atoms with van der Waals surface area (Å²) in [6, 6.07) is 7.24. The van der Waals surface area contributed by atoms with Crippen molar-refractivity contribution in [2.24, 2.45) is 7.05 Å². The highest BCUT2D eigenvalue weighted by Crippen LogP contribution is 2.21. The van der Waals surface area contributed by atoms with Crippen molar-refractivity contribution in [3.05, 3.63) is 63.6 Å². The first-order valence-corrected chi connectivity index (χ1v) is 7.46. The lowest BCUT2D eigenvalue weighted by Gasteiger charge is -2.29. The third-order valence-electron chi connectivity index (χ3n) is 4.03. The van der Waals surface area contributed by atoms with E-state index in [0.29, 0.717) is 25.1 Å². The van der Waals surface area contributed by atoms with E-state index >= 15 is 0 Å². The molecule has 2 aromatic rings. The molecule has 0 atom stereocenters. The van der Waals surface area contributed by atoms with Crippen LogP contribution < -0.4 is 10.3 Å². The van der Waals surface area contributed by atoms with E-state index in [4.69, 9.17) is 0 Å². The average Bonchev–Trinajstić information content (AvgIpc) is 2.55. The highest BCUT2D eigenvalue weighted by molar-refractivity contribution is 5.94. The van der Waals surface area contributed by atoms with E-state index in [2.05, 4.69) is 4.74 Å². The molecule has 1 amide bonds. The molecule has 1 aromatic carbocycles. The summed E-state index contributed by atoms with van der Waals surface area (Å²) in [5.41, 5.74) is 2.24. The Hall–Kier alpha value is -2.70. The zero-order valence-electron chi connectivity index (χ0n) is 13.0. The fourth-order valence-corrected chi connectivity index (χ4v) is 2.77. The van der Waals surface area contributed by atoms with Crippen LogP contribution in [0, 0.1) is 0 Å². The number of ether oxygens (including phenoxy) is 1. The van der Waals surface area contributed by atoms with Crippen LogP contribution in [0.1, 0.15) is 21.5 Å². The van der Waals surface area contributed by atoms with Gasteiger partial charge in [0, 0.05) is 38.0 Å². The van der Waals surface area contributed by atoms with E-state index in [0.717, 1.165) is 11.1 Å². The molecule has 1 aromatic heterocycles. The van der Waals surface area contributed by atoms with Crippen molar-refractivity contribution in [1.82, 2.24) is 9.47 Å². The summed E-state index contributed by atoms with van der Waals surface area (Å²) in [5, 5.41) is 0. The van der Waals surface area contributed by atoms with Gasteiger partial charge in [-0.2, -0.15) is 8.78 Å². The van der Waals surface area contributed by atoms with Crippen LogP contribution >= 0.6 is 0 Å². The van der Waals surface area contributed by atoms with Crippen LogP contribution in [-0.2, 0) is 20.0 Å². The second-order valence-corrected chi connectivity index (χ2v) is 5.65. The maximum Gasteiger partial charge on any atom is 0.387 e. The molecular weight excluding hydrogens is 318 g/mol. The van der Waals surface area contributed by atoms with Gasteiger partial charge in [-0.1, -0.05) is 0 Å². The monoisotopic (exact) mass is 334 g/mol. The highest BCUT2D eigenvalue weighted by atomic mass is 19.3. The first kappa shape index (κ1) is 16.2. The fourth-order valence-electron chi connectivity index (χ4n) is 2.77. The Morgan fingerprint density at radius 2 is 1.92 bits per heavy atom. The Morgan fingerprint density at radius 1 is 1.21 bits per heavy atom. The molecule has 126 valence electrons. The molecule has 0 bridgehead atoms. The van der Waals surface area contributed by atoms with Crippen LogP contribution in [0.25, 0.3) is 0 Å². The summed E-state index contributed by atoms with van der Waals surface area (Å²) < 4.78 is 30.1. The number of alkyl halides is 2. The minimum Gasteiger partial charge on any atom is -0.435 e. The lowest BCUT2D eigenvalue weighted by Crippen LogP contribution is -2.37. The zero-order chi connectivity index (χ0) is 17.3. The van der Waals surface area contributed by atoms with Crippen molar-refractivity contribution in [2.75, 3.05) is 6.54 Å². The topological polar surface area (TPSA) is 51.5 Å². The molecule has 5 nitrogen and oxygen atoms in total. The van der Waals surface area contributed by atoms with Gasteiger partial charge in [-0.15, -0.1) is 0 Å². The molecule has 1 aliphatic rings. The lowest BCUT2D eigenvalue weighted by atomic mass is 10.0. The fraction of sp³-hybridized carbons (Fsp3) is 0.294. The molecular formula is C17H16F2N2O3. The Kier molecular flexibility index (Phi) is 4.33. The van der Waals surface area contributed by atoms with Gasteiger partial charge in [0.25, 0.3) is 11.5 Å². The molecule has 0 unspecified atom stereocenters. The first-order chi connectivity index (χ1) is 11.4. The third-order valence-corrected chi connectivity index (χ3v) is 4.03. The van der Waals surface area contributed by atoms with Crippen molar-refractivity contribution >= 4 is 5.91 Å². The second-order valence-electron chi connectivity index (χ2n) is 5.65. The number of rotatable bonds is 3. The Balaban J connectivity index is 1.76. The molecule has 0 spiro atoms. The minimum absolute atomic E-state index is 0.0144. The molecule has 0 radical (unpaired) electrons. The number of aryl methyl sites for hydroxylation is 1. The highest BCUT2D eigenvalue weighted by Gasteiger charge is 2.22. The van der Waals surface area contributed by atoms with Crippen LogP contribution in [0.15, 0.2) is 41.3 Å². The summed E-state index contributed by atoms with van der Waals surface area (Å²) in [6.45, 7) is -1.97. The summed E-state index contributed by atoms with van der Waals surface area (Å²) >= 11 is 0. The number of benzene rings is 1. The van der Waals surface area contributed by atoms with Crippen LogP contribution in [-0.4, -0.2) is 28.5 Å². The quantitative estimate of drug-likeness (QED) is 0.865. The van der Waals surface area contributed by atoms with E-state index < -0.39 is 6.61 Å². The van der Waals surface area contributed by atoms with Crippen LogP contribution in [0.3, 0.4) is 0 Å². The molecule has 24 heavy (non-hydrogen) atoms. The number of carbonyl (C=O) groups is 1. The average molecular weight is 334 g/mol. The molecule has 3 rings (SSSR count). The van der Waals surface area contributed by atoms with E-state index in [1.165, 1.54) is 28.8 Å². The number of hydrogen-bond acceptors (Lipinski definition) is 3. The summed E-state index contributed by atoms with van der Waals surface area (Å²) in [6.07, 6.45) is 2.36. The van der Waals surface area contributed by atoms with Crippen molar-refractivity contribution in [3.8, 4) is 5.75 Å². The van der Waals surface area contributed by atoms with Gasteiger partial charge < -0.3 is 14.2 Å². The smallest absolute Gasteiger partial charge is 0.387 e. The van der Waals surface area contributed by atoms with Crippen LogP contribution in [0.2, 0.25) is 0 Å². The number of amides is 1. The molecule has 0 saturated heterocycles. The standard InChI is InChI=1S/C17H16F2N2O3/c1-20-9-13-10-21(7-6-12(13)8-15(20)22)16(23)11-2-4-14(5-3-11)24-17(18)19/h2-5,8-9,17H,6-7,10H2,1H3. The molecule has 7 heteroatoms. The summed E-state index contributed by atoms with van der Waals surface area (Å²) in [4.78, 5) is 25.9. The predicted molar refractivity (Wildman–Crippen MR) is 83.2 cm³/mol. The van der Waals surface area contributed by atoms with Gasteiger partial charge in [0.1, 0.15) is 5.75 Å². The Labute approximate surface area is 137 Å². The van der Waals surface area contributed by atoms with Gasteiger partial charge in [-0.3, -0.25) is 9.59 Å². The lowest BCUT2D eigenvalue weighted by molar-refractivity contribution is -0.0498. The zero-order valence-corrected chi connectivity index (χ0v) is 13.0. The summed E-state index contributed by atoms with van der Waals surface area (Å²) in [7, 11) is 1.67. The SMILES string of the molecule is Cn1cc2c(cc1=O)CCN(C(=O)c1ccc(OC(F)F)cc1)C2. The van der Waals surface area contributed by atoms with E-state index in [9.17, 15) is 18.4 Å². The number of fused-ring (bicyclic) bond motifs is 1. The van der Waals surface area contributed by atoms with Gasteiger partial charge in [0.05, 0.1) is 0 Å². The van der Waals surface area contributed by atoms with Crippen LogP contribution in [0.4, 0.5) is 8.78 Å². The number of hydrogen-bond donors (Lipinski definition) is 0. The van der Waals surface area contributed by atoms with Gasteiger partial charge in [0.15, 0.2) is 0 Å². The third kappa shape index (κ3) is 3.29. The maximum absolute atomic E-state index is 12.6. The minimum atomic E-state index is -2.89. The number of halogens is 2. The molecule has 0 aliphatic carbocycles. The molecule has 2 heterocycles. The Bertz CT molecular complexity index is 816. The van der Waals surface area contributed by atoms with Crippen molar-refractivity contribution in [1.29, 1.82) is 0 Å². The van der Waals surface area contributed by atoms with Gasteiger partial charge in [-0.25, -0.2) is 0 Å². The van der Waals surface area contributed by atoms with Gasteiger partial charge in [0.2, 0.25) is 0 Å². The predicted octanol–water partition coefficient (Wildman–Crippen LogP) is 2.19. The second kappa shape index (κ2) is 6.43. The number of aromatic nitrogens is 1. The first-order valence-electron chi connectivity index (χ1n) is 7.46. The molecule has 0 fully saturated rings. The van der Waals surface area contributed by atoms with Crippen molar-refractivity contribution in [3.63, 3.8) is 0 Å². The normalized spacial score (nSPS) is 13.8. The Morgan fingerprint density at radius 3 is 2.58 bits per heavy atom.